The van der Waals surface area contributed by atoms with Crippen molar-refractivity contribution in [3.8, 4) is 0 Å². The Morgan fingerprint density at radius 2 is 1.75 bits per heavy atom. The van der Waals surface area contributed by atoms with Gasteiger partial charge in [-0.2, -0.15) is 4.31 Å². The van der Waals surface area contributed by atoms with Gasteiger partial charge in [-0.3, -0.25) is 32.5 Å². The molecule has 0 bridgehead atoms. The van der Waals surface area contributed by atoms with Crippen molar-refractivity contribution in [1.29, 1.82) is 0 Å². The van der Waals surface area contributed by atoms with E-state index >= 15 is 0 Å². The van der Waals surface area contributed by atoms with Crippen molar-refractivity contribution in [2.45, 2.75) is 64.8 Å². The standard InChI is InChI=1S/C28H44N7O17P3S/c1-16(2)6-5-7-19(37)56-11-10-30-18(36)8-9-31-26(40)23(39)28(3,4)13-49-55(46,47)52-54(44,45)48-12-17-22(51-53(41,42)43)21(38)27(50-17)35-15-34-20-24(29)32-14-33-25(20)35/h5-7,14-15,17,21-23,27,38-39H,8-13H2,1-4H3,(H,30,36)(H,31,40)(H,44,45)(H,46,47)(H2,29,32,33)(H2,41,42,43)/b7-5+/t17-,21-,22-,23+,27-/m1/s1. The fourth-order valence-electron chi connectivity index (χ4n) is 4.65. The Bertz CT molecular complexity index is 1920. The fraction of sp³-hybridized carbons (Fsp3) is 0.571. The summed E-state index contributed by atoms with van der Waals surface area (Å²) in [6, 6.07) is 0. The smallest absolute Gasteiger partial charge is 0.386 e. The summed E-state index contributed by atoms with van der Waals surface area (Å²) in [5.41, 5.74) is 5.28. The van der Waals surface area contributed by atoms with Crippen LogP contribution >= 0.6 is 35.2 Å². The number of carbonyl (C=O) groups excluding carboxylic acids is 3. The number of nitrogens with one attached hydrogen (secondary N) is 2. The first kappa shape index (κ1) is 47.4. The van der Waals surface area contributed by atoms with Crippen LogP contribution in [0.4, 0.5) is 5.82 Å². The van der Waals surface area contributed by atoms with Gasteiger partial charge < -0.3 is 50.9 Å². The molecule has 7 atom stereocenters. The van der Waals surface area contributed by atoms with Gasteiger partial charge in [-0.05, 0) is 19.9 Å². The molecule has 24 nitrogen and oxygen atoms in total. The molecule has 1 aliphatic rings. The topological polar surface area (TPSA) is 364 Å². The molecule has 3 heterocycles. The van der Waals surface area contributed by atoms with Crippen LogP contribution < -0.4 is 16.4 Å². The Morgan fingerprint density at radius 1 is 1.07 bits per heavy atom. The number of nitrogens with two attached hydrogens (primary N) is 1. The maximum Gasteiger partial charge on any atom is 0.481 e. The third kappa shape index (κ3) is 14.8. The highest BCUT2D eigenvalue weighted by Crippen LogP contribution is 2.61. The van der Waals surface area contributed by atoms with Crippen LogP contribution in [0.1, 0.15) is 40.3 Å². The maximum atomic E-state index is 12.7. The van der Waals surface area contributed by atoms with Gasteiger partial charge in [0, 0.05) is 30.7 Å². The fourth-order valence-corrected chi connectivity index (χ4v) is 8.06. The highest BCUT2D eigenvalue weighted by atomic mass is 32.2. The van der Waals surface area contributed by atoms with Gasteiger partial charge in [0.15, 0.2) is 17.7 Å². The van der Waals surface area contributed by atoms with E-state index in [0.29, 0.717) is 5.75 Å². The molecule has 0 saturated carbocycles. The summed E-state index contributed by atoms with van der Waals surface area (Å²) in [6.45, 7) is 4.22. The van der Waals surface area contributed by atoms with Gasteiger partial charge in [-0.1, -0.05) is 43.3 Å². The van der Waals surface area contributed by atoms with E-state index in [1.165, 1.54) is 19.9 Å². The Kier molecular flexibility index (Phi) is 17.1. The van der Waals surface area contributed by atoms with Crippen LogP contribution in [-0.2, 0) is 50.7 Å². The van der Waals surface area contributed by atoms with E-state index in [4.69, 9.17) is 19.5 Å². The van der Waals surface area contributed by atoms with Crippen LogP contribution in [0.5, 0.6) is 0 Å². The first-order valence-electron chi connectivity index (χ1n) is 16.3. The lowest BCUT2D eigenvalue weighted by Gasteiger charge is -2.30. The molecule has 0 aromatic carbocycles. The number of aliphatic hydroxyl groups excluding tert-OH is 2. The lowest BCUT2D eigenvalue weighted by Crippen LogP contribution is -2.46. The Morgan fingerprint density at radius 3 is 2.41 bits per heavy atom. The van der Waals surface area contributed by atoms with Crippen LogP contribution in [0.3, 0.4) is 0 Å². The summed E-state index contributed by atoms with van der Waals surface area (Å²) in [5, 5.41) is 26.1. The zero-order valence-electron chi connectivity index (χ0n) is 30.3. The van der Waals surface area contributed by atoms with Crippen LogP contribution in [-0.4, -0.2) is 123 Å². The zero-order chi connectivity index (χ0) is 42.1. The van der Waals surface area contributed by atoms with Crippen molar-refractivity contribution in [1.82, 2.24) is 30.2 Å². The molecule has 0 radical (unpaired) electrons. The van der Waals surface area contributed by atoms with Gasteiger partial charge in [0.25, 0.3) is 0 Å². The molecule has 1 aliphatic heterocycles. The van der Waals surface area contributed by atoms with E-state index in [9.17, 15) is 57.9 Å². The van der Waals surface area contributed by atoms with Gasteiger partial charge in [0.2, 0.25) is 16.9 Å². The van der Waals surface area contributed by atoms with Crippen molar-refractivity contribution in [2.24, 2.45) is 5.41 Å². The summed E-state index contributed by atoms with van der Waals surface area (Å²) in [4.78, 5) is 87.3. The molecule has 2 aromatic rings. The molecule has 1 saturated heterocycles. The predicted octanol–water partition coefficient (Wildman–Crippen LogP) is 0.187. The molecule has 0 aliphatic carbocycles. The number of fused-ring (bicyclic) bond motifs is 1. The molecular formula is C28H44N7O17P3S. The number of aliphatic hydroxyl groups is 2. The number of nitrogen functional groups attached to an aromatic ring is 1. The largest absolute Gasteiger partial charge is 0.481 e. The molecule has 0 spiro atoms. The summed E-state index contributed by atoms with van der Waals surface area (Å²) in [7, 11) is -16.4. The molecule has 1 fully saturated rings. The SMILES string of the molecule is CC(C)=C/C=C/C(=O)SCCNC(=O)CCNC(=O)[C@H](O)C(C)(C)COP(=O)(O)OP(=O)(O)OC[C@H]1O[C@@H](n2cnc3c(N)ncnc32)[C@H](O)[C@@H]1OP(=O)(O)O. The number of rotatable bonds is 21. The van der Waals surface area contributed by atoms with Crippen LogP contribution in [0.2, 0.25) is 0 Å². The highest BCUT2D eigenvalue weighted by Gasteiger charge is 2.50. The molecule has 10 N–H and O–H groups in total. The second kappa shape index (κ2) is 20.1. The van der Waals surface area contributed by atoms with Crippen LogP contribution in [0.25, 0.3) is 11.2 Å². The second-order valence-corrected chi connectivity index (χ2v) is 18.2. The van der Waals surface area contributed by atoms with E-state index in [0.717, 1.165) is 34.6 Å². The summed E-state index contributed by atoms with van der Waals surface area (Å²) < 4.78 is 62.1. The Hall–Kier alpha value is -2.96. The number of imidazole rings is 1. The molecule has 2 aromatic heterocycles. The molecule has 56 heavy (non-hydrogen) atoms. The first-order chi connectivity index (χ1) is 25.9. The average molecular weight is 876 g/mol. The number of amides is 2. The van der Waals surface area contributed by atoms with Gasteiger partial charge in [-0.15, -0.1) is 0 Å². The molecule has 2 amide bonds. The number of hydrogen-bond donors (Lipinski definition) is 9. The van der Waals surface area contributed by atoms with E-state index in [2.05, 4.69) is 34.4 Å². The zero-order valence-corrected chi connectivity index (χ0v) is 33.8. The monoisotopic (exact) mass is 875 g/mol. The quantitative estimate of drug-likeness (QED) is 0.0350. The normalized spacial score (nSPS) is 21.7. The molecule has 314 valence electrons. The Balaban J connectivity index is 1.49. The number of carbonyl (C=O) groups is 3. The van der Waals surface area contributed by atoms with Crippen molar-refractivity contribution in [3.63, 3.8) is 0 Å². The number of phosphoric acid groups is 3. The van der Waals surface area contributed by atoms with Gasteiger partial charge in [0.1, 0.15) is 36.3 Å². The number of phosphoric ester groups is 3. The van der Waals surface area contributed by atoms with Crippen LogP contribution in [0, 0.1) is 5.41 Å². The number of aromatic nitrogens is 4. The van der Waals surface area contributed by atoms with E-state index < -0.39 is 84.6 Å². The van der Waals surface area contributed by atoms with E-state index in [1.807, 2.05) is 13.8 Å². The minimum Gasteiger partial charge on any atom is -0.386 e. The third-order valence-electron chi connectivity index (χ3n) is 7.41. The predicted molar refractivity (Wildman–Crippen MR) is 196 cm³/mol. The van der Waals surface area contributed by atoms with Gasteiger partial charge in [-0.25, -0.2) is 28.6 Å². The highest BCUT2D eigenvalue weighted by molar-refractivity contribution is 8.14. The minimum absolute atomic E-state index is 0.0292. The number of allylic oxidation sites excluding steroid dienone is 3. The van der Waals surface area contributed by atoms with E-state index in [1.54, 1.807) is 12.2 Å². The molecule has 3 rings (SSSR count). The maximum absolute atomic E-state index is 12.7. The average Bonchev–Trinajstić information content (AvgIpc) is 3.64. The number of nitrogens with zero attached hydrogens (tertiary/aromatic N) is 4. The summed E-state index contributed by atoms with van der Waals surface area (Å²) in [6.07, 6.45) is -2.13. The van der Waals surface area contributed by atoms with Gasteiger partial charge in [0.05, 0.1) is 19.5 Å². The Labute approximate surface area is 323 Å². The third-order valence-corrected chi connectivity index (χ3v) is 11.3. The van der Waals surface area contributed by atoms with Gasteiger partial charge >= 0.3 is 23.5 Å². The number of anilines is 1. The lowest BCUT2D eigenvalue weighted by atomic mass is 9.87. The van der Waals surface area contributed by atoms with Crippen molar-refractivity contribution < 1.29 is 80.5 Å². The van der Waals surface area contributed by atoms with Crippen molar-refractivity contribution >= 4 is 69.1 Å². The number of ether oxygens (including phenoxy) is 1. The van der Waals surface area contributed by atoms with Crippen molar-refractivity contribution in [3.05, 3.63) is 36.5 Å². The molecular weight excluding hydrogens is 831 g/mol. The molecule has 28 heteroatoms. The first-order valence-corrected chi connectivity index (χ1v) is 21.8. The number of hydrogen-bond acceptors (Lipinski definition) is 18. The summed E-state index contributed by atoms with van der Waals surface area (Å²) in [5.74, 6) is -1.16. The van der Waals surface area contributed by atoms with Crippen molar-refractivity contribution in [2.75, 3.05) is 37.8 Å². The lowest BCUT2D eigenvalue weighted by molar-refractivity contribution is -0.137. The number of thioether (sulfide) groups is 1. The second-order valence-electron chi connectivity index (χ2n) is 12.8. The minimum atomic E-state index is -5.57. The van der Waals surface area contributed by atoms with E-state index in [-0.39, 0.29) is 41.6 Å². The summed E-state index contributed by atoms with van der Waals surface area (Å²) >= 11 is 1.01. The molecule has 2 unspecified atom stereocenters. The van der Waals surface area contributed by atoms with Crippen LogP contribution in [0.15, 0.2) is 36.5 Å².